The third-order valence-electron chi connectivity index (χ3n) is 1.21. The van der Waals surface area contributed by atoms with E-state index in [1.54, 1.807) is 6.92 Å². The third-order valence-corrected chi connectivity index (χ3v) is 1.21. The van der Waals surface area contributed by atoms with E-state index in [0.717, 1.165) is 0 Å². The minimum Gasteiger partial charge on any atom is -0.548 e. The molecule has 2 N–H and O–H groups in total. The fourth-order valence-corrected chi connectivity index (χ4v) is 0.361. The van der Waals surface area contributed by atoms with E-state index in [1.165, 1.54) is 6.08 Å². The molecule has 0 fully saturated rings. The van der Waals surface area contributed by atoms with Gasteiger partial charge in [0.15, 0.2) is 0 Å². The van der Waals surface area contributed by atoms with Gasteiger partial charge in [-0.25, -0.2) is 0 Å². The Morgan fingerprint density at radius 2 is 2.33 bits per heavy atom. The van der Waals surface area contributed by atoms with Gasteiger partial charge in [-0.2, -0.15) is 0 Å². The van der Waals surface area contributed by atoms with Crippen molar-refractivity contribution in [2.24, 2.45) is 11.7 Å². The summed E-state index contributed by atoms with van der Waals surface area (Å²) in [6.07, 6.45) is 1.49. The molecule has 3 heteroatoms. The molecule has 0 aliphatic carbocycles. The van der Waals surface area contributed by atoms with E-state index in [1.807, 2.05) is 0 Å². The first-order valence-electron chi connectivity index (χ1n) is 2.68. The molecule has 0 radical (unpaired) electrons. The molecule has 0 heterocycles. The van der Waals surface area contributed by atoms with Gasteiger partial charge < -0.3 is 15.6 Å². The smallest absolute Gasteiger partial charge is 0.0588 e. The Balaban J connectivity index is 3.86. The zero-order valence-electron chi connectivity index (χ0n) is 5.33. The van der Waals surface area contributed by atoms with Crippen molar-refractivity contribution >= 4 is 5.97 Å². The SMILES string of the molecule is C=CC(C)[C@H](N)C(=O)[O-]. The molecule has 0 amide bonds. The van der Waals surface area contributed by atoms with Crippen molar-refractivity contribution in [3.63, 3.8) is 0 Å². The number of carbonyl (C=O) groups is 1. The second-order valence-electron chi connectivity index (χ2n) is 1.94. The predicted molar refractivity (Wildman–Crippen MR) is 32.3 cm³/mol. The van der Waals surface area contributed by atoms with E-state index in [4.69, 9.17) is 5.73 Å². The van der Waals surface area contributed by atoms with Crippen LogP contribution in [0.3, 0.4) is 0 Å². The first kappa shape index (κ1) is 8.17. The first-order valence-corrected chi connectivity index (χ1v) is 2.68. The Morgan fingerprint density at radius 3 is 2.44 bits per heavy atom. The fourth-order valence-electron chi connectivity index (χ4n) is 0.361. The van der Waals surface area contributed by atoms with E-state index in [9.17, 15) is 9.90 Å². The molecule has 9 heavy (non-hydrogen) atoms. The zero-order chi connectivity index (χ0) is 7.44. The molecule has 0 aliphatic rings. The van der Waals surface area contributed by atoms with Gasteiger partial charge in [0.1, 0.15) is 0 Å². The molecule has 0 bridgehead atoms. The summed E-state index contributed by atoms with van der Waals surface area (Å²) in [5.74, 6) is -1.46. The molecule has 2 atom stereocenters. The summed E-state index contributed by atoms with van der Waals surface area (Å²) in [5.41, 5.74) is 5.14. The average Bonchev–Trinajstić information content (AvgIpc) is 1.84. The Hall–Kier alpha value is -0.830. The van der Waals surface area contributed by atoms with Crippen molar-refractivity contribution in [1.82, 2.24) is 0 Å². The lowest BCUT2D eigenvalue weighted by Gasteiger charge is -2.16. The van der Waals surface area contributed by atoms with Gasteiger partial charge in [0.25, 0.3) is 0 Å². The molecule has 1 unspecified atom stereocenters. The highest BCUT2D eigenvalue weighted by Gasteiger charge is 2.08. The van der Waals surface area contributed by atoms with Crippen LogP contribution in [0.5, 0.6) is 0 Å². The standard InChI is InChI=1S/C6H11NO2/c1-3-4(2)5(7)6(8)9/h3-5H,1,7H2,2H3,(H,8,9)/p-1/t4?,5-/m0/s1. The Bertz CT molecular complexity index is 122. The molecular weight excluding hydrogens is 118 g/mol. The van der Waals surface area contributed by atoms with Crippen LogP contribution in [0, 0.1) is 5.92 Å². The van der Waals surface area contributed by atoms with Crippen LogP contribution in [0.4, 0.5) is 0 Å². The second kappa shape index (κ2) is 3.25. The maximum absolute atomic E-state index is 10.0. The van der Waals surface area contributed by atoms with E-state index in [2.05, 4.69) is 6.58 Å². The van der Waals surface area contributed by atoms with E-state index >= 15 is 0 Å². The number of nitrogens with two attached hydrogens (primary N) is 1. The van der Waals surface area contributed by atoms with Crippen molar-refractivity contribution in [3.05, 3.63) is 12.7 Å². The van der Waals surface area contributed by atoms with Crippen molar-refractivity contribution in [1.29, 1.82) is 0 Å². The minimum atomic E-state index is -1.23. The van der Waals surface area contributed by atoms with Crippen molar-refractivity contribution in [3.8, 4) is 0 Å². The molecule has 3 nitrogen and oxygen atoms in total. The maximum Gasteiger partial charge on any atom is 0.0588 e. The molecule has 0 aliphatic heterocycles. The number of hydrogen-bond donors (Lipinski definition) is 1. The quantitative estimate of drug-likeness (QED) is 0.490. The van der Waals surface area contributed by atoms with Crippen LogP contribution in [-0.4, -0.2) is 12.0 Å². The van der Waals surface area contributed by atoms with E-state index in [0.29, 0.717) is 0 Å². The van der Waals surface area contributed by atoms with Crippen LogP contribution in [0.15, 0.2) is 12.7 Å². The van der Waals surface area contributed by atoms with Crippen molar-refractivity contribution in [2.75, 3.05) is 0 Å². The van der Waals surface area contributed by atoms with Crippen LogP contribution in [-0.2, 0) is 4.79 Å². The molecule has 52 valence electrons. The van der Waals surface area contributed by atoms with Gasteiger partial charge in [0.2, 0.25) is 0 Å². The molecule has 0 spiro atoms. The Kier molecular flexibility index (Phi) is 2.95. The summed E-state index contributed by atoms with van der Waals surface area (Å²) in [4.78, 5) is 10.0. The fraction of sp³-hybridized carbons (Fsp3) is 0.500. The molecule has 0 rings (SSSR count). The predicted octanol–water partition coefficient (Wildman–Crippen LogP) is -1.11. The second-order valence-corrected chi connectivity index (χ2v) is 1.94. The summed E-state index contributed by atoms with van der Waals surface area (Å²) < 4.78 is 0. The van der Waals surface area contributed by atoms with Gasteiger partial charge in [0, 0.05) is 0 Å². The van der Waals surface area contributed by atoms with Crippen LogP contribution >= 0.6 is 0 Å². The van der Waals surface area contributed by atoms with E-state index < -0.39 is 12.0 Å². The molecule has 0 saturated heterocycles. The van der Waals surface area contributed by atoms with Crippen LogP contribution in [0.2, 0.25) is 0 Å². The number of carboxylic acid groups (broad SMARTS) is 1. The average molecular weight is 128 g/mol. The highest BCUT2D eigenvalue weighted by atomic mass is 16.4. The van der Waals surface area contributed by atoms with Crippen LogP contribution < -0.4 is 10.8 Å². The van der Waals surface area contributed by atoms with Crippen molar-refractivity contribution < 1.29 is 9.90 Å². The number of carboxylic acids is 1. The van der Waals surface area contributed by atoms with E-state index in [-0.39, 0.29) is 5.92 Å². The Labute approximate surface area is 54.2 Å². The molecule has 0 saturated carbocycles. The van der Waals surface area contributed by atoms with Crippen LogP contribution in [0.1, 0.15) is 6.92 Å². The normalized spacial score (nSPS) is 16.2. The third kappa shape index (κ3) is 2.28. The molecule has 0 aromatic rings. The topological polar surface area (TPSA) is 66.2 Å². The number of rotatable bonds is 3. The summed E-state index contributed by atoms with van der Waals surface area (Å²) in [7, 11) is 0. The van der Waals surface area contributed by atoms with Gasteiger partial charge in [0.05, 0.1) is 12.0 Å². The minimum absolute atomic E-state index is 0.227. The van der Waals surface area contributed by atoms with Crippen molar-refractivity contribution in [2.45, 2.75) is 13.0 Å². The van der Waals surface area contributed by atoms with Gasteiger partial charge in [-0.15, -0.1) is 6.58 Å². The lowest BCUT2D eigenvalue weighted by Crippen LogP contribution is -2.45. The summed E-state index contributed by atoms with van der Waals surface area (Å²) >= 11 is 0. The monoisotopic (exact) mass is 128 g/mol. The summed E-state index contributed by atoms with van der Waals surface area (Å²) in [5, 5.41) is 10.0. The van der Waals surface area contributed by atoms with Crippen LogP contribution in [0.25, 0.3) is 0 Å². The van der Waals surface area contributed by atoms with Gasteiger partial charge in [-0.3, -0.25) is 0 Å². The van der Waals surface area contributed by atoms with Gasteiger partial charge in [-0.05, 0) is 5.92 Å². The van der Waals surface area contributed by atoms with Gasteiger partial charge in [-0.1, -0.05) is 13.0 Å². The highest BCUT2D eigenvalue weighted by Crippen LogP contribution is 1.98. The molecule has 0 aromatic carbocycles. The van der Waals surface area contributed by atoms with Gasteiger partial charge >= 0.3 is 0 Å². The lowest BCUT2D eigenvalue weighted by atomic mass is 10.0. The summed E-state index contributed by atoms with van der Waals surface area (Å²) in [6, 6.07) is -0.928. The highest BCUT2D eigenvalue weighted by molar-refractivity contribution is 5.71. The maximum atomic E-state index is 10.0. The Morgan fingerprint density at radius 1 is 1.89 bits per heavy atom. The first-order chi connectivity index (χ1) is 4.09. The summed E-state index contributed by atoms with van der Waals surface area (Å²) in [6.45, 7) is 5.07. The number of carbonyl (C=O) groups excluding carboxylic acids is 1. The molecular formula is C6H10NO2-. The number of aliphatic carboxylic acids is 1. The lowest BCUT2D eigenvalue weighted by molar-refractivity contribution is -0.308. The number of hydrogen-bond acceptors (Lipinski definition) is 3. The molecule has 0 aromatic heterocycles. The largest absolute Gasteiger partial charge is 0.548 e. The zero-order valence-corrected chi connectivity index (χ0v) is 5.33.